The third-order valence-electron chi connectivity index (χ3n) is 4.18. The molecule has 2 rings (SSSR count). The number of rotatable bonds is 4. The number of anilines is 1. The number of hydrogen-bond donors (Lipinski definition) is 1. The van der Waals surface area contributed by atoms with E-state index in [2.05, 4.69) is 40.0 Å². The zero-order chi connectivity index (χ0) is 14.7. The van der Waals surface area contributed by atoms with Gasteiger partial charge in [0.2, 0.25) is 0 Å². The molecule has 20 heavy (non-hydrogen) atoms. The number of hydrogen-bond acceptors (Lipinski definition) is 2. The molecular formula is C15H21BrF2N2. The summed E-state index contributed by atoms with van der Waals surface area (Å²) < 4.78 is 27.2. The Morgan fingerprint density at radius 2 is 1.95 bits per heavy atom. The highest BCUT2D eigenvalue weighted by molar-refractivity contribution is 9.10. The summed E-state index contributed by atoms with van der Waals surface area (Å²) >= 11 is 3.10. The standard InChI is InChI=1S/C15H21BrF2N2/c1-3-20-6-4-11(5-7-20)10(2)19-15-8-12(16)13(17)9-14(15)18/h8-11,19H,3-7H2,1-2H3. The van der Waals surface area contributed by atoms with Gasteiger partial charge in [-0.05, 0) is 67.3 Å². The molecule has 0 radical (unpaired) electrons. The van der Waals surface area contributed by atoms with Crippen LogP contribution in [0.3, 0.4) is 0 Å². The number of benzene rings is 1. The van der Waals surface area contributed by atoms with E-state index in [1.165, 1.54) is 6.07 Å². The lowest BCUT2D eigenvalue weighted by atomic mass is 9.90. The summed E-state index contributed by atoms with van der Waals surface area (Å²) in [6, 6.07) is 2.57. The topological polar surface area (TPSA) is 15.3 Å². The van der Waals surface area contributed by atoms with Crippen LogP contribution in [0.5, 0.6) is 0 Å². The predicted octanol–water partition coefficient (Wildman–Crippen LogP) is 4.26. The molecule has 1 saturated heterocycles. The SMILES string of the molecule is CCN1CCC(C(C)Nc2cc(Br)c(F)cc2F)CC1. The van der Waals surface area contributed by atoms with Crippen molar-refractivity contribution in [2.75, 3.05) is 25.0 Å². The Bertz CT molecular complexity index is 459. The molecule has 1 N–H and O–H groups in total. The Hall–Kier alpha value is -0.680. The van der Waals surface area contributed by atoms with Crippen LogP contribution in [-0.2, 0) is 0 Å². The van der Waals surface area contributed by atoms with Crippen LogP contribution < -0.4 is 5.32 Å². The Morgan fingerprint density at radius 1 is 1.30 bits per heavy atom. The summed E-state index contributed by atoms with van der Waals surface area (Å²) in [4.78, 5) is 2.43. The van der Waals surface area contributed by atoms with E-state index in [9.17, 15) is 8.78 Å². The molecule has 0 amide bonds. The minimum absolute atomic E-state index is 0.181. The number of nitrogens with zero attached hydrogens (tertiary/aromatic N) is 1. The zero-order valence-corrected chi connectivity index (χ0v) is 13.5. The van der Waals surface area contributed by atoms with Gasteiger partial charge < -0.3 is 10.2 Å². The molecule has 0 bridgehead atoms. The van der Waals surface area contributed by atoms with Gasteiger partial charge in [-0.25, -0.2) is 8.78 Å². The first kappa shape index (κ1) is 15.7. The molecule has 2 nitrogen and oxygen atoms in total. The molecule has 1 unspecified atom stereocenters. The summed E-state index contributed by atoms with van der Waals surface area (Å²) in [7, 11) is 0. The third-order valence-corrected chi connectivity index (χ3v) is 4.79. The van der Waals surface area contributed by atoms with E-state index in [0.29, 0.717) is 11.6 Å². The molecule has 1 fully saturated rings. The van der Waals surface area contributed by atoms with Crippen molar-refractivity contribution in [3.8, 4) is 0 Å². The van der Waals surface area contributed by atoms with E-state index in [1.54, 1.807) is 0 Å². The van der Waals surface area contributed by atoms with Crippen molar-refractivity contribution >= 4 is 21.6 Å². The van der Waals surface area contributed by atoms with Crippen LogP contribution in [0, 0.1) is 17.6 Å². The van der Waals surface area contributed by atoms with Crippen molar-refractivity contribution in [2.24, 2.45) is 5.92 Å². The highest BCUT2D eigenvalue weighted by atomic mass is 79.9. The fourth-order valence-corrected chi connectivity index (χ4v) is 3.11. The maximum Gasteiger partial charge on any atom is 0.149 e. The molecule has 1 heterocycles. The van der Waals surface area contributed by atoms with Gasteiger partial charge in [-0.15, -0.1) is 0 Å². The Balaban J connectivity index is 1.98. The van der Waals surface area contributed by atoms with Gasteiger partial charge in [-0.3, -0.25) is 0 Å². The molecule has 1 atom stereocenters. The summed E-state index contributed by atoms with van der Waals surface area (Å²) in [5.41, 5.74) is 0.365. The normalized spacial score (nSPS) is 19.1. The average molecular weight is 347 g/mol. The van der Waals surface area contributed by atoms with Crippen LogP contribution in [0.4, 0.5) is 14.5 Å². The minimum atomic E-state index is -0.572. The number of piperidine rings is 1. The van der Waals surface area contributed by atoms with E-state index in [4.69, 9.17) is 0 Å². The van der Waals surface area contributed by atoms with Gasteiger partial charge in [0.25, 0.3) is 0 Å². The lowest BCUT2D eigenvalue weighted by Crippen LogP contribution is -2.39. The van der Waals surface area contributed by atoms with Crippen molar-refractivity contribution in [2.45, 2.75) is 32.7 Å². The van der Waals surface area contributed by atoms with Crippen LogP contribution in [0.2, 0.25) is 0 Å². The Kier molecular flexibility index (Phi) is 5.38. The lowest BCUT2D eigenvalue weighted by molar-refractivity contribution is 0.183. The lowest BCUT2D eigenvalue weighted by Gasteiger charge is -2.35. The molecule has 5 heteroatoms. The molecule has 1 aromatic rings. The maximum atomic E-state index is 13.7. The van der Waals surface area contributed by atoms with E-state index in [0.717, 1.165) is 38.5 Å². The molecule has 1 aliphatic rings. The van der Waals surface area contributed by atoms with Gasteiger partial charge in [0.05, 0.1) is 10.2 Å². The first-order valence-corrected chi connectivity index (χ1v) is 7.94. The highest BCUT2D eigenvalue weighted by Crippen LogP contribution is 2.27. The van der Waals surface area contributed by atoms with Crippen molar-refractivity contribution in [3.05, 3.63) is 28.2 Å². The second-order valence-electron chi connectivity index (χ2n) is 5.45. The van der Waals surface area contributed by atoms with Crippen molar-refractivity contribution in [3.63, 3.8) is 0 Å². The monoisotopic (exact) mass is 346 g/mol. The largest absolute Gasteiger partial charge is 0.380 e. The molecule has 1 aromatic carbocycles. The molecule has 1 aliphatic heterocycles. The number of likely N-dealkylation sites (tertiary alicyclic amines) is 1. The summed E-state index contributed by atoms with van der Waals surface area (Å²) in [5, 5.41) is 3.19. The van der Waals surface area contributed by atoms with Gasteiger partial charge in [0, 0.05) is 12.1 Å². The number of halogens is 3. The van der Waals surface area contributed by atoms with Crippen molar-refractivity contribution in [1.82, 2.24) is 4.90 Å². The van der Waals surface area contributed by atoms with Crippen LogP contribution in [0.15, 0.2) is 16.6 Å². The van der Waals surface area contributed by atoms with Gasteiger partial charge in [0.15, 0.2) is 0 Å². The second-order valence-corrected chi connectivity index (χ2v) is 6.31. The van der Waals surface area contributed by atoms with Crippen LogP contribution >= 0.6 is 15.9 Å². The average Bonchev–Trinajstić information content (AvgIpc) is 2.44. The molecule has 112 valence electrons. The van der Waals surface area contributed by atoms with E-state index >= 15 is 0 Å². The third kappa shape index (κ3) is 3.70. The van der Waals surface area contributed by atoms with Crippen LogP contribution in [-0.4, -0.2) is 30.6 Å². The smallest absolute Gasteiger partial charge is 0.149 e. The van der Waals surface area contributed by atoms with Gasteiger partial charge in [-0.1, -0.05) is 6.92 Å². The molecule has 0 aliphatic carbocycles. The van der Waals surface area contributed by atoms with Gasteiger partial charge in [0.1, 0.15) is 11.6 Å². The first-order chi connectivity index (χ1) is 9.51. The zero-order valence-electron chi connectivity index (χ0n) is 11.9. The minimum Gasteiger partial charge on any atom is -0.380 e. The Labute approximate surface area is 127 Å². The van der Waals surface area contributed by atoms with E-state index in [-0.39, 0.29) is 10.5 Å². The fourth-order valence-electron chi connectivity index (χ4n) is 2.77. The van der Waals surface area contributed by atoms with Crippen molar-refractivity contribution in [1.29, 1.82) is 0 Å². The molecule has 0 aromatic heterocycles. The summed E-state index contributed by atoms with van der Waals surface area (Å²) in [6.07, 6.45) is 2.23. The maximum absolute atomic E-state index is 13.7. The van der Waals surface area contributed by atoms with Crippen molar-refractivity contribution < 1.29 is 8.78 Å². The van der Waals surface area contributed by atoms with E-state index in [1.807, 2.05) is 0 Å². The van der Waals surface area contributed by atoms with E-state index < -0.39 is 11.6 Å². The molecular weight excluding hydrogens is 326 g/mol. The van der Waals surface area contributed by atoms with Crippen LogP contribution in [0.1, 0.15) is 26.7 Å². The second kappa shape index (κ2) is 6.85. The van der Waals surface area contributed by atoms with Gasteiger partial charge in [-0.2, -0.15) is 0 Å². The first-order valence-electron chi connectivity index (χ1n) is 7.14. The Morgan fingerprint density at radius 3 is 2.55 bits per heavy atom. The molecule has 0 saturated carbocycles. The summed E-state index contributed by atoms with van der Waals surface area (Å²) in [5.74, 6) is -0.582. The predicted molar refractivity (Wildman–Crippen MR) is 82.0 cm³/mol. The van der Waals surface area contributed by atoms with Gasteiger partial charge >= 0.3 is 0 Å². The highest BCUT2D eigenvalue weighted by Gasteiger charge is 2.23. The summed E-state index contributed by atoms with van der Waals surface area (Å²) in [6.45, 7) is 7.54. The van der Waals surface area contributed by atoms with Crippen LogP contribution in [0.25, 0.3) is 0 Å². The quantitative estimate of drug-likeness (QED) is 0.819. The number of nitrogens with one attached hydrogen (secondary N) is 1. The molecule has 0 spiro atoms. The fraction of sp³-hybridized carbons (Fsp3) is 0.600.